The molecule has 204 valence electrons. The van der Waals surface area contributed by atoms with E-state index in [1.807, 2.05) is 0 Å². The highest BCUT2D eigenvalue weighted by Gasteiger charge is 2.34. The van der Waals surface area contributed by atoms with Crippen molar-refractivity contribution in [3.63, 3.8) is 0 Å². The summed E-state index contributed by atoms with van der Waals surface area (Å²) < 4.78 is 51.0. The normalized spacial score (nSPS) is 17.9. The van der Waals surface area contributed by atoms with Gasteiger partial charge in [0.05, 0.1) is 13.2 Å². The fourth-order valence-electron chi connectivity index (χ4n) is 4.52. The first-order valence-electron chi connectivity index (χ1n) is 12.3. The van der Waals surface area contributed by atoms with Gasteiger partial charge < -0.3 is 25.5 Å². The molecule has 0 bridgehead atoms. The van der Waals surface area contributed by atoms with Crippen molar-refractivity contribution in [2.24, 2.45) is 11.7 Å². The summed E-state index contributed by atoms with van der Waals surface area (Å²) >= 11 is 0. The highest BCUT2D eigenvalue weighted by atomic mass is 19.4. The molecule has 1 fully saturated rings. The molecule has 0 saturated heterocycles. The maximum absolute atomic E-state index is 13.3. The third kappa shape index (κ3) is 5.48. The molecule has 10 nitrogen and oxygen atoms in total. The number of carbonyl (C=O) groups excluding carboxylic acids is 1. The molecule has 1 aliphatic carbocycles. The van der Waals surface area contributed by atoms with Gasteiger partial charge in [0.15, 0.2) is 11.5 Å². The molecule has 4 N–H and O–H groups in total. The zero-order chi connectivity index (χ0) is 27.7. The molecule has 1 aliphatic rings. The van der Waals surface area contributed by atoms with Crippen LogP contribution in [0.2, 0.25) is 0 Å². The Morgan fingerprint density at radius 2 is 1.92 bits per heavy atom. The number of nitrogens with two attached hydrogens (primary N) is 1. The van der Waals surface area contributed by atoms with Crippen molar-refractivity contribution in [2.75, 3.05) is 19.0 Å². The molecule has 0 aliphatic heterocycles. The Labute approximate surface area is 221 Å². The van der Waals surface area contributed by atoms with Crippen molar-refractivity contribution in [3.05, 3.63) is 59.9 Å². The number of rotatable bonds is 8. The second-order valence-electron chi connectivity index (χ2n) is 9.39. The maximum Gasteiger partial charge on any atom is 0.433 e. The van der Waals surface area contributed by atoms with Crippen molar-refractivity contribution < 1.29 is 27.1 Å². The third-order valence-corrected chi connectivity index (χ3v) is 6.53. The second-order valence-corrected chi connectivity index (χ2v) is 9.39. The minimum atomic E-state index is -4.63. The van der Waals surface area contributed by atoms with Crippen LogP contribution in [0.1, 0.15) is 47.7 Å². The second kappa shape index (κ2) is 10.5. The van der Waals surface area contributed by atoms with Crippen LogP contribution in [0.3, 0.4) is 0 Å². The number of benzene rings is 1. The number of oxazole rings is 1. The van der Waals surface area contributed by atoms with Crippen LogP contribution >= 0.6 is 0 Å². The summed E-state index contributed by atoms with van der Waals surface area (Å²) in [5, 5.41) is 6.47. The van der Waals surface area contributed by atoms with Crippen LogP contribution in [0.25, 0.3) is 22.4 Å². The van der Waals surface area contributed by atoms with Gasteiger partial charge in [0.2, 0.25) is 11.8 Å². The van der Waals surface area contributed by atoms with Gasteiger partial charge in [-0.1, -0.05) is 0 Å². The first-order chi connectivity index (χ1) is 18.6. The number of ether oxygens (including phenoxy) is 1. The van der Waals surface area contributed by atoms with Crippen LogP contribution in [0, 0.1) is 5.92 Å². The van der Waals surface area contributed by atoms with E-state index >= 15 is 0 Å². The number of nitrogens with one attached hydrogen (secondary N) is 2. The van der Waals surface area contributed by atoms with Crippen molar-refractivity contribution in [1.29, 1.82) is 0 Å². The Morgan fingerprint density at radius 1 is 1.18 bits per heavy atom. The number of alkyl halides is 3. The van der Waals surface area contributed by atoms with E-state index in [0.29, 0.717) is 29.4 Å². The molecule has 13 heteroatoms. The number of amides is 1. The lowest BCUT2D eigenvalue weighted by molar-refractivity contribution is -0.140. The van der Waals surface area contributed by atoms with Gasteiger partial charge in [-0.3, -0.25) is 4.79 Å². The standard InChI is InChI=1S/C26H26F3N7O3/c1-13(30)22-21(23(37)34-15-10-14(11-15)12-33-25-31-8-3-9-32-25)36-24(39-22)17-4-6-18(38-2)20-16(17)5-7-19(35-20)26(27,28)29/h3-9,13-15H,10-12,30H2,1-2H3,(H,34,37)(H,31,32,33)/t13-,14?,15?/m0/s1. The lowest BCUT2D eigenvalue weighted by atomic mass is 9.80. The number of methoxy groups -OCH3 is 1. The van der Waals surface area contributed by atoms with E-state index in [2.05, 4.69) is 30.6 Å². The van der Waals surface area contributed by atoms with Crippen LogP contribution in [-0.4, -0.2) is 45.5 Å². The lowest BCUT2D eigenvalue weighted by Crippen LogP contribution is -2.46. The van der Waals surface area contributed by atoms with Crippen LogP contribution in [0.15, 0.2) is 47.1 Å². The van der Waals surface area contributed by atoms with Crippen molar-refractivity contribution in [1.82, 2.24) is 25.3 Å². The molecule has 3 aromatic heterocycles. The van der Waals surface area contributed by atoms with E-state index in [4.69, 9.17) is 14.9 Å². The Kier molecular flexibility index (Phi) is 7.08. The largest absolute Gasteiger partial charge is 0.494 e. The maximum atomic E-state index is 13.3. The number of pyridine rings is 1. The summed E-state index contributed by atoms with van der Waals surface area (Å²) in [6.45, 7) is 2.34. The van der Waals surface area contributed by atoms with Gasteiger partial charge >= 0.3 is 6.18 Å². The van der Waals surface area contributed by atoms with Gasteiger partial charge in [-0.05, 0) is 56.0 Å². The summed E-state index contributed by atoms with van der Waals surface area (Å²) in [5.41, 5.74) is 5.39. The van der Waals surface area contributed by atoms with E-state index in [1.165, 1.54) is 19.2 Å². The van der Waals surface area contributed by atoms with Gasteiger partial charge in [-0.2, -0.15) is 13.2 Å². The summed E-state index contributed by atoms with van der Waals surface area (Å²) in [5.74, 6) is 0.836. The number of hydrogen-bond donors (Lipinski definition) is 3. The number of aromatic nitrogens is 4. The monoisotopic (exact) mass is 541 g/mol. The molecule has 3 heterocycles. The zero-order valence-electron chi connectivity index (χ0n) is 21.1. The summed E-state index contributed by atoms with van der Waals surface area (Å²) in [6.07, 6.45) is 0.219. The van der Waals surface area contributed by atoms with Gasteiger partial charge in [0.25, 0.3) is 5.91 Å². The topological polar surface area (TPSA) is 141 Å². The molecule has 4 aromatic rings. The van der Waals surface area contributed by atoms with Crippen LogP contribution in [-0.2, 0) is 6.18 Å². The van der Waals surface area contributed by atoms with Gasteiger partial charge in [0, 0.05) is 35.9 Å². The Balaban J connectivity index is 1.35. The molecule has 1 atom stereocenters. The Morgan fingerprint density at radius 3 is 2.59 bits per heavy atom. The smallest absolute Gasteiger partial charge is 0.433 e. The van der Waals surface area contributed by atoms with Crippen molar-refractivity contribution in [3.8, 4) is 17.2 Å². The SMILES string of the molecule is COc1ccc(-c2nc(C(=O)NC3CC(CNc4ncccn4)C3)c([C@H](C)N)o2)c2ccc(C(F)(F)F)nc12. The lowest BCUT2D eigenvalue weighted by Gasteiger charge is -2.35. The predicted molar refractivity (Wildman–Crippen MR) is 136 cm³/mol. The Bertz CT molecular complexity index is 1490. The average molecular weight is 542 g/mol. The van der Waals surface area contributed by atoms with Gasteiger partial charge in [-0.15, -0.1) is 0 Å². The predicted octanol–water partition coefficient (Wildman–Crippen LogP) is 4.35. The molecular formula is C26H26F3N7O3. The number of nitrogens with zero attached hydrogens (tertiary/aromatic N) is 4. The minimum Gasteiger partial charge on any atom is -0.494 e. The van der Waals surface area contributed by atoms with Crippen LogP contribution in [0.5, 0.6) is 5.75 Å². The highest BCUT2D eigenvalue weighted by Crippen LogP contribution is 2.37. The quantitative estimate of drug-likeness (QED) is 0.297. The number of anilines is 1. The highest BCUT2D eigenvalue weighted by molar-refractivity contribution is 5.98. The third-order valence-electron chi connectivity index (χ3n) is 6.53. The summed E-state index contributed by atoms with van der Waals surface area (Å²) in [4.78, 5) is 29.6. The molecular weight excluding hydrogens is 515 g/mol. The first-order valence-corrected chi connectivity index (χ1v) is 12.3. The zero-order valence-corrected chi connectivity index (χ0v) is 21.1. The molecule has 1 amide bonds. The molecule has 1 aromatic carbocycles. The van der Waals surface area contributed by atoms with Crippen molar-refractivity contribution in [2.45, 2.75) is 38.0 Å². The number of hydrogen-bond acceptors (Lipinski definition) is 9. The Hall–Kier alpha value is -4.26. The molecule has 0 unspecified atom stereocenters. The molecule has 39 heavy (non-hydrogen) atoms. The summed E-state index contributed by atoms with van der Waals surface area (Å²) in [6, 6.07) is 6.26. The number of carbonyl (C=O) groups is 1. The van der Waals surface area contributed by atoms with E-state index < -0.39 is 23.8 Å². The minimum absolute atomic E-state index is 0.00797. The van der Waals surface area contributed by atoms with Crippen LogP contribution in [0.4, 0.5) is 19.1 Å². The molecule has 0 radical (unpaired) electrons. The van der Waals surface area contributed by atoms with E-state index in [0.717, 1.165) is 18.9 Å². The molecule has 0 spiro atoms. The van der Waals surface area contributed by atoms with Gasteiger partial charge in [-0.25, -0.2) is 19.9 Å². The fraction of sp³-hybridized carbons (Fsp3) is 0.346. The van der Waals surface area contributed by atoms with Gasteiger partial charge in [0.1, 0.15) is 17.0 Å². The van der Waals surface area contributed by atoms with E-state index in [1.54, 1.807) is 31.5 Å². The number of halogens is 3. The van der Waals surface area contributed by atoms with Crippen LogP contribution < -0.4 is 21.1 Å². The first kappa shape index (κ1) is 26.4. The molecule has 5 rings (SSSR count). The van der Waals surface area contributed by atoms with Crippen molar-refractivity contribution >= 4 is 22.8 Å². The molecule has 1 saturated carbocycles. The average Bonchev–Trinajstić information content (AvgIpc) is 3.35. The van der Waals surface area contributed by atoms with E-state index in [-0.39, 0.29) is 34.7 Å². The summed E-state index contributed by atoms with van der Waals surface area (Å²) in [7, 11) is 1.34. The number of fused-ring (bicyclic) bond motifs is 1. The van der Waals surface area contributed by atoms with E-state index in [9.17, 15) is 18.0 Å². The fourth-order valence-corrected chi connectivity index (χ4v) is 4.52.